The van der Waals surface area contributed by atoms with Crippen LogP contribution in [0, 0.1) is 12.8 Å². The Balaban J connectivity index is 1.62. The van der Waals surface area contributed by atoms with Crippen molar-refractivity contribution >= 4 is 23.2 Å². The standard InChI is InChI=1S/C19H25N5O/c1-3-20-19(25)15-8-10-24(11-9-15)18-12-17(21-13-22-18)23-16-6-4-14(2)5-7-16/h4-7,12-13,15H,3,8-11H2,1-2H3,(H,20,25)(H,21,22,23). The van der Waals surface area contributed by atoms with E-state index in [9.17, 15) is 4.79 Å². The summed E-state index contributed by atoms with van der Waals surface area (Å²) in [6.45, 7) is 6.39. The Hall–Kier alpha value is -2.63. The van der Waals surface area contributed by atoms with E-state index in [1.807, 2.05) is 25.1 Å². The molecule has 0 saturated carbocycles. The zero-order valence-electron chi connectivity index (χ0n) is 14.8. The smallest absolute Gasteiger partial charge is 0.223 e. The zero-order chi connectivity index (χ0) is 17.6. The van der Waals surface area contributed by atoms with Crippen LogP contribution < -0.4 is 15.5 Å². The van der Waals surface area contributed by atoms with Crippen LogP contribution in [-0.4, -0.2) is 35.5 Å². The minimum atomic E-state index is 0.114. The minimum absolute atomic E-state index is 0.114. The van der Waals surface area contributed by atoms with Crippen LogP contribution in [0.15, 0.2) is 36.7 Å². The van der Waals surface area contributed by atoms with Crippen LogP contribution in [-0.2, 0) is 4.79 Å². The van der Waals surface area contributed by atoms with Crippen molar-refractivity contribution in [3.05, 3.63) is 42.2 Å². The zero-order valence-corrected chi connectivity index (χ0v) is 14.8. The number of amides is 1. The van der Waals surface area contributed by atoms with Crippen molar-refractivity contribution in [2.24, 2.45) is 5.92 Å². The van der Waals surface area contributed by atoms with Crippen LogP contribution in [0.4, 0.5) is 17.3 Å². The van der Waals surface area contributed by atoms with E-state index in [2.05, 4.69) is 44.6 Å². The van der Waals surface area contributed by atoms with Gasteiger partial charge in [-0.05, 0) is 38.8 Å². The molecule has 0 atom stereocenters. The van der Waals surface area contributed by atoms with E-state index in [4.69, 9.17) is 0 Å². The molecular formula is C19H25N5O. The summed E-state index contributed by atoms with van der Waals surface area (Å²) in [5.74, 6) is 1.97. The summed E-state index contributed by atoms with van der Waals surface area (Å²) in [5, 5.41) is 6.23. The summed E-state index contributed by atoms with van der Waals surface area (Å²) in [7, 11) is 0. The summed E-state index contributed by atoms with van der Waals surface area (Å²) in [5.41, 5.74) is 2.23. The topological polar surface area (TPSA) is 70.2 Å². The maximum absolute atomic E-state index is 12.0. The van der Waals surface area contributed by atoms with Gasteiger partial charge in [-0.3, -0.25) is 4.79 Å². The average Bonchev–Trinajstić information content (AvgIpc) is 2.64. The Bertz CT molecular complexity index is 708. The van der Waals surface area contributed by atoms with Gasteiger partial charge in [0.15, 0.2) is 0 Å². The molecule has 2 N–H and O–H groups in total. The van der Waals surface area contributed by atoms with E-state index in [-0.39, 0.29) is 11.8 Å². The molecule has 1 aromatic heterocycles. The Morgan fingerprint density at radius 1 is 1.20 bits per heavy atom. The molecule has 2 aromatic rings. The number of nitrogens with zero attached hydrogens (tertiary/aromatic N) is 3. The molecule has 3 rings (SSSR count). The van der Waals surface area contributed by atoms with Gasteiger partial charge in [-0.15, -0.1) is 0 Å². The van der Waals surface area contributed by atoms with Gasteiger partial charge in [-0.2, -0.15) is 0 Å². The van der Waals surface area contributed by atoms with Crippen molar-refractivity contribution in [2.75, 3.05) is 29.9 Å². The number of aromatic nitrogens is 2. The maximum atomic E-state index is 12.0. The SMILES string of the molecule is CCNC(=O)C1CCN(c2cc(Nc3ccc(C)cc3)ncn2)CC1. The summed E-state index contributed by atoms with van der Waals surface area (Å²) in [6, 6.07) is 10.2. The van der Waals surface area contributed by atoms with Crippen LogP contribution in [0.2, 0.25) is 0 Å². The van der Waals surface area contributed by atoms with Gasteiger partial charge in [0.1, 0.15) is 18.0 Å². The van der Waals surface area contributed by atoms with E-state index in [0.717, 1.165) is 43.3 Å². The van der Waals surface area contributed by atoms with Gasteiger partial charge in [0, 0.05) is 37.3 Å². The molecule has 0 aliphatic carbocycles. The molecule has 132 valence electrons. The highest BCUT2D eigenvalue weighted by Gasteiger charge is 2.25. The van der Waals surface area contributed by atoms with Crippen LogP contribution >= 0.6 is 0 Å². The van der Waals surface area contributed by atoms with Gasteiger partial charge in [-0.1, -0.05) is 17.7 Å². The second-order valence-corrected chi connectivity index (χ2v) is 6.41. The van der Waals surface area contributed by atoms with Crippen molar-refractivity contribution in [1.29, 1.82) is 0 Å². The monoisotopic (exact) mass is 339 g/mol. The second kappa shape index (κ2) is 7.96. The quantitative estimate of drug-likeness (QED) is 0.876. The van der Waals surface area contributed by atoms with E-state index in [1.54, 1.807) is 6.33 Å². The minimum Gasteiger partial charge on any atom is -0.356 e. The predicted octanol–water partition coefficient (Wildman–Crippen LogP) is 2.88. The molecule has 0 bridgehead atoms. The molecule has 1 saturated heterocycles. The summed E-state index contributed by atoms with van der Waals surface area (Å²) in [6.07, 6.45) is 3.30. The highest BCUT2D eigenvalue weighted by atomic mass is 16.1. The number of benzene rings is 1. The van der Waals surface area contributed by atoms with Gasteiger partial charge in [0.25, 0.3) is 0 Å². The lowest BCUT2D eigenvalue weighted by atomic mass is 9.96. The number of hydrogen-bond donors (Lipinski definition) is 2. The van der Waals surface area contributed by atoms with Gasteiger partial charge in [0.05, 0.1) is 0 Å². The van der Waals surface area contributed by atoms with Crippen molar-refractivity contribution in [3.63, 3.8) is 0 Å². The molecule has 0 spiro atoms. The fourth-order valence-electron chi connectivity index (χ4n) is 3.06. The first kappa shape index (κ1) is 17.2. The summed E-state index contributed by atoms with van der Waals surface area (Å²) >= 11 is 0. The molecule has 0 radical (unpaired) electrons. The van der Waals surface area contributed by atoms with Gasteiger partial charge < -0.3 is 15.5 Å². The number of carbonyl (C=O) groups is 1. The molecule has 2 heterocycles. The molecular weight excluding hydrogens is 314 g/mol. The van der Waals surface area contributed by atoms with Crippen molar-refractivity contribution in [1.82, 2.24) is 15.3 Å². The van der Waals surface area contributed by atoms with E-state index >= 15 is 0 Å². The molecule has 1 aromatic carbocycles. The third-order valence-corrected chi connectivity index (χ3v) is 4.52. The van der Waals surface area contributed by atoms with Crippen molar-refractivity contribution in [2.45, 2.75) is 26.7 Å². The lowest BCUT2D eigenvalue weighted by Gasteiger charge is -2.32. The normalized spacial score (nSPS) is 15.0. The van der Waals surface area contributed by atoms with Crippen molar-refractivity contribution in [3.8, 4) is 0 Å². The predicted molar refractivity (Wildman–Crippen MR) is 100 cm³/mol. The molecule has 0 unspecified atom stereocenters. The molecule has 6 nitrogen and oxygen atoms in total. The average molecular weight is 339 g/mol. The number of carbonyl (C=O) groups excluding carboxylic acids is 1. The van der Waals surface area contributed by atoms with Crippen LogP contribution in [0.5, 0.6) is 0 Å². The Morgan fingerprint density at radius 2 is 1.92 bits per heavy atom. The van der Waals surface area contributed by atoms with E-state index in [1.165, 1.54) is 5.56 Å². The lowest BCUT2D eigenvalue weighted by molar-refractivity contribution is -0.125. The number of nitrogens with one attached hydrogen (secondary N) is 2. The molecule has 1 fully saturated rings. The highest BCUT2D eigenvalue weighted by Crippen LogP contribution is 2.24. The van der Waals surface area contributed by atoms with Gasteiger partial charge in [-0.25, -0.2) is 9.97 Å². The summed E-state index contributed by atoms with van der Waals surface area (Å²) in [4.78, 5) is 22.9. The molecule has 6 heteroatoms. The molecule has 1 aliphatic rings. The number of rotatable bonds is 5. The maximum Gasteiger partial charge on any atom is 0.223 e. The third-order valence-electron chi connectivity index (χ3n) is 4.52. The van der Waals surface area contributed by atoms with Crippen molar-refractivity contribution < 1.29 is 4.79 Å². The Kier molecular flexibility index (Phi) is 5.48. The van der Waals surface area contributed by atoms with E-state index < -0.39 is 0 Å². The number of hydrogen-bond acceptors (Lipinski definition) is 5. The van der Waals surface area contributed by atoms with Crippen LogP contribution in [0.1, 0.15) is 25.3 Å². The Labute approximate surface area is 148 Å². The van der Waals surface area contributed by atoms with Gasteiger partial charge >= 0.3 is 0 Å². The van der Waals surface area contributed by atoms with Gasteiger partial charge in [0.2, 0.25) is 5.91 Å². The summed E-state index contributed by atoms with van der Waals surface area (Å²) < 4.78 is 0. The first-order valence-corrected chi connectivity index (χ1v) is 8.84. The fraction of sp³-hybridized carbons (Fsp3) is 0.421. The molecule has 1 aliphatic heterocycles. The third kappa shape index (κ3) is 4.47. The molecule has 25 heavy (non-hydrogen) atoms. The first-order valence-electron chi connectivity index (χ1n) is 8.84. The largest absolute Gasteiger partial charge is 0.356 e. The fourth-order valence-corrected chi connectivity index (χ4v) is 3.06. The molecule has 1 amide bonds. The second-order valence-electron chi connectivity index (χ2n) is 6.41. The highest BCUT2D eigenvalue weighted by molar-refractivity contribution is 5.78. The lowest BCUT2D eigenvalue weighted by Crippen LogP contribution is -2.40. The van der Waals surface area contributed by atoms with Crippen LogP contribution in [0.25, 0.3) is 0 Å². The van der Waals surface area contributed by atoms with Crippen LogP contribution in [0.3, 0.4) is 0 Å². The number of aryl methyl sites for hydroxylation is 1. The number of piperidine rings is 1. The van der Waals surface area contributed by atoms with E-state index in [0.29, 0.717) is 6.54 Å². The number of anilines is 3. The Morgan fingerprint density at radius 3 is 2.60 bits per heavy atom. The first-order chi connectivity index (χ1) is 12.2.